The summed E-state index contributed by atoms with van der Waals surface area (Å²) in [5.74, 6) is -0.540. The highest BCUT2D eigenvalue weighted by molar-refractivity contribution is 6.05. The number of ketones is 1. The van der Waals surface area contributed by atoms with E-state index in [0.29, 0.717) is 30.9 Å². The van der Waals surface area contributed by atoms with E-state index in [9.17, 15) is 14.9 Å². The summed E-state index contributed by atoms with van der Waals surface area (Å²) in [6, 6.07) is 3.81. The molecule has 1 N–H and O–H groups in total. The molecule has 0 radical (unpaired) electrons. The number of rotatable bonds is 8. The minimum atomic E-state index is -0.291. The van der Waals surface area contributed by atoms with Crippen LogP contribution in [0.15, 0.2) is 17.8 Å². The number of methoxy groups -OCH3 is 1. The van der Waals surface area contributed by atoms with Gasteiger partial charge in [-0.2, -0.15) is 5.26 Å². The van der Waals surface area contributed by atoms with E-state index in [-0.39, 0.29) is 28.6 Å². The van der Waals surface area contributed by atoms with Crippen LogP contribution in [0.1, 0.15) is 61.1 Å². The van der Waals surface area contributed by atoms with E-state index in [1.807, 2.05) is 6.92 Å². The summed E-state index contributed by atoms with van der Waals surface area (Å²) in [5.41, 5.74) is 2.25. The largest absolute Gasteiger partial charge is 0.378 e. The topological polar surface area (TPSA) is 98.6 Å². The molecule has 0 spiro atoms. The van der Waals surface area contributed by atoms with E-state index in [0.717, 1.165) is 38.0 Å². The van der Waals surface area contributed by atoms with Crippen molar-refractivity contribution in [3.8, 4) is 6.07 Å². The average molecular weight is 454 g/mol. The Hall–Kier alpha value is -2.76. The van der Waals surface area contributed by atoms with Crippen molar-refractivity contribution >= 4 is 17.4 Å². The zero-order chi connectivity index (χ0) is 24.0. The number of allylic oxidation sites excluding steroid dienone is 1. The summed E-state index contributed by atoms with van der Waals surface area (Å²) in [6.07, 6.45) is 5.62. The number of nitrogens with one attached hydrogen (secondary N) is 1. The first-order valence-corrected chi connectivity index (χ1v) is 11.7. The lowest BCUT2D eigenvalue weighted by atomic mass is 9.91. The van der Waals surface area contributed by atoms with Crippen LogP contribution in [0.4, 0.5) is 0 Å². The van der Waals surface area contributed by atoms with E-state index < -0.39 is 0 Å². The number of pyridine rings is 1. The smallest absolute Gasteiger partial charge is 0.269 e. The van der Waals surface area contributed by atoms with Gasteiger partial charge in [0, 0.05) is 45.0 Å². The molecule has 0 aromatic carbocycles. The first-order chi connectivity index (χ1) is 15.8. The molecule has 0 bridgehead atoms. The number of amides is 1. The summed E-state index contributed by atoms with van der Waals surface area (Å²) < 4.78 is 5.65. The summed E-state index contributed by atoms with van der Waals surface area (Å²) in [4.78, 5) is 33.9. The Morgan fingerprint density at radius 2 is 1.91 bits per heavy atom. The third kappa shape index (κ3) is 5.98. The van der Waals surface area contributed by atoms with Gasteiger partial charge in [-0.1, -0.05) is 0 Å². The van der Waals surface area contributed by atoms with Gasteiger partial charge < -0.3 is 19.9 Å². The van der Waals surface area contributed by atoms with Gasteiger partial charge in [-0.15, -0.1) is 0 Å². The van der Waals surface area contributed by atoms with Crippen molar-refractivity contribution in [2.24, 2.45) is 0 Å². The van der Waals surface area contributed by atoms with Crippen molar-refractivity contribution in [2.75, 3.05) is 46.4 Å². The zero-order valence-corrected chi connectivity index (χ0v) is 20.2. The second-order valence-electron chi connectivity index (χ2n) is 9.22. The van der Waals surface area contributed by atoms with Crippen LogP contribution >= 0.6 is 0 Å². The molecule has 178 valence electrons. The Morgan fingerprint density at radius 3 is 2.48 bits per heavy atom. The van der Waals surface area contributed by atoms with Crippen LogP contribution < -0.4 is 5.32 Å². The number of hydrogen-bond donors (Lipinski definition) is 1. The molecule has 8 nitrogen and oxygen atoms in total. The molecule has 2 aliphatic rings. The molecule has 2 saturated heterocycles. The second-order valence-corrected chi connectivity index (χ2v) is 9.22. The predicted octanol–water partition coefficient (Wildman–Crippen LogP) is 2.54. The fraction of sp³-hybridized carbons (Fsp3) is 0.600. The molecule has 2 fully saturated rings. The number of ether oxygens (including phenoxy) is 1. The Kier molecular flexibility index (Phi) is 8.22. The van der Waals surface area contributed by atoms with E-state index in [4.69, 9.17) is 4.74 Å². The number of carbonyl (C=O) groups excluding carboxylic acids is 2. The van der Waals surface area contributed by atoms with Gasteiger partial charge in [0.1, 0.15) is 17.3 Å². The molecule has 8 heteroatoms. The molecule has 3 rings (SSSR count). The van der Waals surface area contributed by atoms with Gasteiger partial charge in [0.15, 0.2) is 5.78 Å². The molecule has 33 heavy (non-hydrogen) atoms. The standard InChI is InChI=1S/C25H35N5O3/c1-18-17-28-22(24(32)27-9-14-29-10-5-6-11-29)15-20(18)23(21(16-26)19(2)31)30-12-7-25(3,33-4)8-13-30/h15,17H,5-14H2,1-4H3,(H,27,32)/b23-21+. The molecule has 2 aliphatic heterocycles. The molecule has 1 aromatic rings. The van der Waals surface area contributed by atoms with Crippen molar-refractivity contribution in [1.82, 2.24) is 20.1 Å². The van der Waals surface area contributed by atoms with Gasteiger partial charge in [-0.25, -0.2) is 0 Å². The van der Waals surface area contributed by atoms with Crippen LogP contribution in [0.5, 0.6) is 0 Å². The number of hydrogen-bond acceptors (Lipinski definition) is 7. The van der Waals surface area contributed by atoms with E-state index >= 15 is 0 Å². The van der Waals surface area contributed by atoms with Gasteiger partial charge in [-0.05, 0) is 71.2 Å². The van der Waals surface area contributed by atoms with Crippen LogP contribution in [0, 0.1) is 18.3 Å². The van der Waals surface area contributed by atoms with Crippen molar-refractivity contribution in [1.29, 1.82) is 5.26 Å². The fourth-order valence-corrected chi connectivity index (χ4v) is 4.50. The molecule has 0 atom stereocenters. The third-order valence-corrected chi connectivity index (χ3v) is 6.83. The molecule has 0 saturated carbocycles. The first-order valence-electron chi connectivity index (χ1n) is 11.7. The molecular formula is C25H35N5O3. The van der Waals surface area contributed by atoms with Crippen LogP contribution in [-0.2, 0) is 9.53 Å². The number of aryl methyl sites for hydroxylation is 1. The van der Waals surface area contributed by atoms with E-state index in [1.165, 1.54) is 19.8 Å². The normalized spacial score (nSPS) is 19.1. The number of Topliss-reactive ketones (excluding diaryl/α,β-unsaturated/α-hetero) is 1. The molecular weight excluding hydrogens is 418 g/mol. The van der Waals surface area contributed by atoms with Crippen molar-refractivity contribution in [3.63, 3.8) is 0 Å². The fourth-order valence-electron chi connectivity index (χ4n) is 4.50. The number of aromatic nitrogens is 1. The van der Waals surface area contributed by atoms with E-state index in [2.05, 4.69) is 33.1 Å². The maximum atomic E-state index is 12.8. The minimum absolute atomic E-state index is 0.103. The lowest BCUT2D eigenvalue weighted by molar-refractivity contribution is -0.113. The quantitative estimate of drug-likeness (QED) is 0.477. The number of nitriles is 1. The monoisotopic (exact) mass is 453 g/mol. The minimum Gasteiger partial charge on any atom is -0.378 e. The third-order valence-electron chi connectivity index (χ3n) is 6.83. The Morgan fingerprint density at radius 1 is 1.24 bits per heavy atom. The molecule has 1 aromatic heterocycles. The highest BCUT2D eigenvalue weighted by Crippen LogP contribution is 2.33. The van der Waals surface area contributed by atoms with Gasteiger partial charge in [-0.3, -0.25) is 14.6 Å². The maximum absolute atomic E-state index is 12.8. The van der Waals surface area contributed by atoms with Crippen molar-refractivity contribution in [3.05, 3.63) is 34.7 Å². The molecule has 3 heterocycles. The van der Waals surface area contributed by atoms with Gasteiger partial charge >= 0.3 is 0 Å². The summed E-state index contributed by atoms with van der Waals surface area (Å²) in [7, 11) is 1.71. The van der Waals surface area contributed by atoms with Gasteiger partial charge in [0.2, 0.25) is 0 Å². The van der Waals surface area contributed by atoms with Crippen LogP contribution in [-0.4, -0.2) is 78.5 Å². The summed E-state index contributed by atoms with van der Waals surface area (Å²) >= 11 is 0. The molecule has 1 amide bonds. The van der Waals surface area contributed by atoms with Crippen LogP contribution in [0.3, 0.4) is 0 Å². The zero-order valence-electron chi connectivity index (χ0n) is 20.2. The molecule has 0 unspecified atom stereocenters. The van der Waals surface area contributed by atoms with Crippen molar-refractivity contribution < 1.29 is 14.3 Å². The highest BCUT2D eigenvalue weighted by atomic mass is 16.5. The Balaban J connectivity index is 1.87. The Labute approximate surface area is 196 Å². The maximum Gasteiger partial charge on any atom is 0.269 e. The molecule has 0 aliphatic carbocycles. The predicted molar refractivity (Wildman–Crippen MR) is 126 cm³/mol. The number of carbonyl (C=O) groups is 2. The summed E-state index contributed by atoms with van der Waals surface area (Å²) in [5, 5.41) is 12.8. The van der Waals surface area contributed by atoms with E-state index in [1.54, 1.807) is 19.4 Å². The van der Waals surface area contributed by atoms with Crippen molar-refractivity contribution in [2.45, 2.75) is 52.1 Å². The second kappa shape index (κ2) is 10.9. The lowest BCUT2D eigenvalue weighted by Crippen LogP contribution is -2.43. The average Bonchev–Trinajstić information content (AvgIpc) is 3.32. The van der Waals surface area contributed by atoms with Crippen LogP contribution in [0.2, 0.25) is 0 Å². The lowest BCUT2D eigenvalue weighted by Gasteiger charge is -2.41. The number of likely N-dealkylation sites (tertiary alicyclic amines) is 2. The highest BCUT2D eigenvalue weighted by Gasteiger charge is 2.33. The van der Waals surface area contributed by atoms with Gasteiger partial charge in [0.25, 0.3) is 5.91 Å². The van der Waals surface area contributed by atoms with Crippen LogP contribution in [0.25, 0.3) is 5.70 Å². The summed E-state index contributed by atoms with van der Waals surface area (Å²) in [6.45, 7) is 10.2. The van der Waals surface area contributed by atoms with Gasteiger partial charge in [0.05, 0.1) is 11.3 Å². The first kappa shape index (κ1) is 24.9. The number of piperidine rings is 1. The Bertz CT molecular complexity index is 951. The SMILES string of the molecule is COC1(C)CCN(/C(=C(\C#N)C(C)=O)c2cc(C(=O)NCCN3CCCC3)ncc2C)CC1. The number of nitrogens with zero attached hydrogens (tertiary/aromatic N) is 4.